The number of rotatable bonds is 7. The van der Waals surface area contributed by atoms with E-state index in [9.17, 15) is 13.2 Å². The minimum Gasteiger partial charge on any atom is -0.492 e. The van der Waals surface area contributed by atoms with Crippen LogP contribution >= 0.6 is 11.3 Å². The first kappa shape index (κ1) is 15.9. The fourth-order valence-corrected chi connectivity index (χ4v) is 2.48. The van der Waals surface area contributed by atoms with Gasteiger partial charge in [-0.25, -0.2) is 0 Å². The molecule has 21 heavy (non-hydrogen) atoms. The van der Waals surface area contributed by atoms with Crippen molar-refractivity contribution in [3.05, 3.63) is 52.2 Å². The molecule has 1 aromatic carbocycles. The van der Waals surface area contributed by atoms with Crippen LogP contribution in [0.4, 0.5) is 13.2 Å². The number of thiophene rings is 1. The van der Waals surface area contributed by atoms with Crippen LogP contribution in [-0.2, 0) is 12.6 Å². The first-order chi connectivity index (χ1) is 10.1. The van der Waals surface area contributed by atoms with Crippen LogP contribution in [0.25, 0.3) is 0 Å². The van der Waals surface area contributed by atoms with Crippen molar-refractivity contribution in [3.63, 3.8) is 0 Å². The lowest BCUT2D eigenvalue weighted by Crippen LogP contribution is -2.23. The monoisotopic (exact) mass is 315 g/mol. The molecular formula is C15H16F3NOS. The topological polar surface area (TPSA) is 21.3 Å². The Balaban J connectivity index is 1.62. The Labute approximate surface area is 125 Å². The molecule has 0 aliphatic heterocycles. The minimum absolute atomic E-state index is 0.426. The van der Waals surface area contributed by atoms with Gasteiger partial charge in [0.2, 0.25) is 0 Å². The molecule has 6 heteroatoms. The molecule has 0 saturated heterocycles. The zero-order chi connectivity index (χ0) is 15.1. The van der Waals surface area contributed by atoms with E-state index in [2.05, 4.69) is 11.4 Å². The average Bonchev–Trinajstić information content (AvgIpc) is 2.95. The zero-order valence-electron chi connectivity index (χ0n) is 11.3. The van der Waals surface area contributed by atoms with Gasteiger partial charge in [-0.1, -0.05) is 6.07 Å². The third-order valence-corrected chi connectivity index (χ3v) is 3.79. The van der Waals surface area contributed by atoms with Crippen LogP contribution in [0, 0.1) is 0 Å². The van der Waals surface area contributed by atoms with Crippen LogP contribution in [0.15, 0.2) is 41.8 Å². The van der Waals surface area contributed by atoms with Crippen molar-refractivity contribution >= 4 is 11.3 Å². The predicted octanol–water partition coefficient (Wildman–Crippen LogP) is 3.98. The average molecular weight is 315 g/mol. The molecule has 0 fully saturated rings. The van der Waals surface area contributed by atoms with Gasteiger partial charge in [0.1, 0.15) is 12.4 Å². The Hall–Kier alpha value is -1.53. The number of alkyl halides is 3. The van der Waals surface area contributed by atoms with Crippen molar-refractivity contribution in [1.29, 1.82) is 0 Å². The molecule has 2 nitrogen and oxygen atoms in total. The van der Waals surface area contributed by atoms with Crippen molar-refractivity contribution in [3.8, 4) is 5.75 Å². The number of ether oxygens (including phenoxy) is 1. The molecule has 2 aromatic rings. The van der Waals surface area contributed by atoms with Gasteiger partial charge in [-0.3, -0.25) is 0 Å². The summed E-state index contributed by atoms with van der Waals surface area (Å²) in [6.45, 7) is 1.94. The maximum atomic E-state index is 12.4. The van der Waals surface area contributed by atoms with Gasteiger partial charge in [0.15, 0.2) is 0 Å². The second kappa shape index (κ2) is 7.47. The normalized spacial score (nSPS) is 11.6. The fraction of sp³-hybridized carbons (Fsp3) is 0.333. The molecule has 0 radical (unpaired) electrons. The number of nitrogens with one attached hydrogen (secondary N) is 1. The molecule has 0 unspecified atom stereocenters. The molecule has 0 aliphatic carbocycles. The van der Waals surface area contributed by atoms with Crippen LogP contribution in [-0.4, -0.2) is 19.7 Å². The van der Waals surface area contributed by atoms with Crippen molar-refractivity contribution in [2.24, 2.45) is 0 Å². The van der Waals surface area contributed by atoms with Crippen molar-refractivity contribution in [2.75, 3.05) is 19.7 Å². The third-order valence-electron chi connectivity index (χ3n) is 2.86. The Morgan fingerprint density at radius 2 is 1.81 bits per heavy atom. The maximum Gasteiger partial charge on any atom is 0.416 e. The molecule has 2 rings (SSSR count). The molecule has 1 aromatic heterocycles. The van der Waals surface area contributed by atoms with Gasteiger partial charge < -0.3 is 10.1 Å². The highest BCUT2D eigenvalue weighted by molar-refractivity contribution is 7.09. The van der Waals surface area contributed by atoms with Gasteiger partial charge in [-0.05, 0) is 42.1 Å². The van der Waals surface area contributed by atoms with Crippen LogP contribution in [0.2, 0.25) is 0 Å². The summed E-state index contributed by atoms with van der Waals surface area (Å²) in [6.07, 6.45) is -3.33. The largest absolute Gasteiger partial charge is 0.492 e. The second-order valence-corrected chi connectivity index (χ2v) is 5.48. The summed E-state index contributed by atoms with van der Waals surface area (Å²) < 4.78 is 42.5. The fourth-order valence-electron chi connectivity index (χ4n) is 1.77. The first-order valence-corrected chi connectivity index (χ1v) is 7.47. The highest BCUT2D eigenvalue weighted by Crippen LogP contribution is 2.30. The third kappa shape index (κ3) is 5.40. The van der Waals surface area contributed by atoms with E-state index in [-0.39, 0.29) is 0 Å². The van der Waals surface area contributed by atoms with E-state index < -0.39 is 11.7 Å². The molecule has 0 atom stereocenters. The van der Waals surface area contributed by atoms with Gasteiger partial charge in [0, 0.05) is 18.0 Å². The Morgan fingerprint density at radius 1 is 1.05 bits per heavy atom. The van der Waals surface area contributed by atoms with Gasteiger partial charge in [0.25, 0.3) is 0 Å². The van der Waals surface area contributed by atoms with Crippen LogP contribution in [0.3, 0.4) is 0 Å². The Kier molecular flexibility index (Phi) is 5.64. The predicted molar refractivity (Wildman–Crippen MR) is 77.8 cm³/mol. The van der Waals surface area contributed by atoms with E-state index in [1.807, 2.05) is 11.4 Å². The van der Waals surface area contributed by atoms with E-state index in [1.54, 1.807) is 11.3 Å². The van der Waals surface area contributed by atoms with E-state index >= 15 is 0 Å². The molecule has 0 saturated carbocycles. The van der Waals surface area contributed by atoms with Crippen LogP contribution in [0.5, 0.6) is 5.75 Å². The van der Waals surface area contributed by atoms with Gasteiger partial charge >= 0.3 is 6.18 Å². The molecule has 1 N–H and O–H groups in total. The van der Waals surface area contributed by atoms with Crippen molar-refractivity contribution < 1.29 is 17.9 Å². The second-order valence-electron chi connectivity index (χ2n) is 4.45. The number of benzene rings is 1. The molecule has 1 heterocycles. The molecule has 0 spiro atoms. The van der Waals surface area contributed by atoms with E-state index in [4.69, 9.17) is 4.74 Å². The number of hydrogen-bond acceptors (Lipinski definition) is 3. The minimum atomic E-state index is -4.30. The Bertz CT molecular complexity index is 523. The SMILES string of the molecule is FC(F)(F)c1ccc(OCCNCCc2cccs2)cc1. The highest BCUT2D eigenvalue weighted by atomic mass is 32.1. The van der Waals surface area contributed by atoms with E-state index in [0.29, 0.717) is 18.9 Å². The van der Waals surface area contributed by atoms with Crippen molar-refractivity contribution in [1.82, 2.24) is 5.32 Å². The van der Waals surface area contributed by atoms with Gasteiger partial charge in [-0.2, -0.15) is 13.2 Å². The van der Waals surface area contributed by atoms with Crippen LogP contribution < -0.4 is 10.1 Å². The maximum absolute atomic E-state index is 12.4. The summed E-state index contributed by atoms with van der Waals surface area (Å²) in [4.78, 5) is 1.33. The lowest BCUT2D eigenvalue weighted by Gasteiger charge is -2.09. The van der Waals surface area contributed by atoms with Crippen molar-refractivity contribution in [2.45, 2.75) is 12.6 Å². The Morgan fingerprint density at radius 3 is 2.43 bits per heavy atom. The summed E-state index contributed by atoms with van der Waals surface area (Å²) in [7, 11) is 0. The summed E-state index contributed by atoms with van der Waals surface area (Å²) >= 11 is 1.72. The van der Waals surface area contributed by atoms with Gasteiger partial charge in [0.05, 0.1) is 5.56 Å². The summed E-state index contributed by atoms with van der Waals surface area (Å²) in [5.74, 6) is 0.447. The number of halogens is 3. The molecule has 0 amide bonds. The molecule has 0 aliphatic rings. The summed E-state index contributed by atoms with van der Waals surface area (Å²) in [5, 5.41) is 5.28. The molecule has 0 bridgehead atoms. The molecular weight excluding hydrogens is 299 g/mol. The standard InChI is InChI=1S/C15H16F3NOS/c16-15(17,18)12-3-5-13(6-4-12)20-10-9-19-8-7-14-2-1-11-21-14/h1-6,11,19H,7-10H2. The smallest absolute Gasteiger partial charge is 0.416 e. The lowest BCUT2D eigenvalue weighted by molar-refractivity contribution is -0.137. The van der Waals surface area contributed by atoms with E-state index in [0.717, 1.165) is 25.1 Å². The quantitative estimate of drug-likeness (QED) is 0.780. The highest BCUT2D eigenvalue weighted by Gasteiger charge is 2.29. The zero-order valence-corrected chi connectivity index (χ0v) is 12.1. The van der Waals surface area contributed by atoms with E-state index in [1.165, 1.54) is 17.0 Å². The summed E-state index contributed by atoms with van der Waals surface area (Å²) in [6, 6.07) is 8.85. The molecule has 114 valence electrons. The van der Waals surface area contributed by atoms with Gasteiger partial charge in [-0.15, -0.1) is 11.3 Å². The van der Waals surface area contributed by atoms with Crippen LogP contribution in [0.1, 0.15) is 10.4 Å². The lowest BCUT2D eigenvalue weighted by atomic mass is 10.2. The summed E-state index contributed by atoms with van der Waals surface area (Å²) in [5.41, 5.74) is -0.663. The first-order valence-electron chi connectivity index (χ1n) is 6.59. The number of hydrogen-bond donors (Lipinski definition) is 1.